The maximum atomic E-state index is 12.1. The molecule has 2 unspecified atom stereocenters. The fourth-order valence-electron chi connectivity index (χ4n) is 4.23. The Labute approximate surface area is 356 Å². The minimum Gasteiger partial charge on any atom is -0.508 e. The van der Waals surface area contributed by atoms with E-state index in [1.54, 1.807) is 76.4 Å². The molecular formula is C44H76B2O13. The number of phenolic OH excluding ortho intramolecular Hbond substituents is 1. The highest BCUT2D eigenvalue weighted by atomic mass is 16.8. The zero-order chi connectivity index (χ0) is 46.3. The molecule has 2 aromatic rings. The number of aliphatic hydroxyl groups is 1. The van der Waals surface area contributed by atoms with Crippen LogP contribution in [0, 0.1) is 0 Å². The lowest BCUT2D eigenvalue weighted by atomic mass is 9.66. The second kappa shape index (κ2) is 26.8. The Morgan fingerprint density at radius 2 is 0.949 bits per heavy atom. The van der Waals surface area contributed by atoms with Gasteiger partial charge in [-0.1, -0.05) is 64.1 Å². The number of ketones is 2. The van der Waals surface area contributed by atoms with Gasteiger partial charge in [0, 0.05) is 27.1 Å². The average Bonchev–Trinajstić information content (AvgIpc) is 3.56. The molecule has 2 aromatic carbocycles. The molecule has 13 nitrogen and oxygen atoms in total. The molecule has 59 heavy (non-hydrogen) atoms. The molecule has 0 aliphatic carbocycles. The van der Waals surface area contributed by atoms with Crippen LogP contribution < -0.4 is 4.74 Å². The first-order valence-electron chi connectivity index (χ1n) is 20.2. The molecule has 0 aromatic heterocycles. The Hall–Kier alpha value is -3.30. The molecular weight excluding hydrogens is 758 g/mol. The van der Waals surface area contributed by atoms with Crippen molar-refractivity contribution in [2.45, 2.75) is 170 Å². The van der Waals surface area contributed by atoms with Crippen LogP contribution in [0.5, 0.6) is 11.5 Å². The number of hydrogen-bond donors (Lipinski definition) is 2. The average molecular weight is 835 g/mol. The number of methoxy groups -OCH3 is 1. The van der Waals surface area contributed by atoms with Crippen LogP contribution in [0.3, 0.4) is 0 Å². The van der Waals surface area contributed by atoms with Crippen molar-refractivity contribution in [2.75, 3.05) is 21.0 Å². The van der Waals surface area contributed by atoms with E-state index in [0.717, 1.165) is 13.5 Å². The molecule has 2 N–H and O–H groups in total. The summed E-state index contributed by atoms with van der Waals surface area (Å²) >= 11 is 0. The van der Waals surface area contributed by atoms with Crippen LogP contribution in [0.25, 0.3) is 0 Å². The monoisotopic (exact) mass is 835 g/mol. The highest BCUT2D eigenvalue weighted by molar-refractivity contribution is 6.49. The molecule has 2 heterocycles. The summed E-state index contributed by atoms with van der Waals surface area (Å²) in [6.07, 6.45) is 1.90. The summed E-state index contributed by atoms with van der Waals surface area (Å²) < 4.78 is 45.5. The predicted molar refractivity (Wildman–Crippen MR) is 234 cm³/mol. The van der Waals surface area contributed by atoms with Crippen LogP contribution in [0.15, 0.2) is 60.7 Å². The molecule has 2 atom stereocenters. The zero-order valence-electron chi connectivity index (χ0n) is 39.3. The summed E-state index contributed by atoms with van der Waals surface area (Å²) in [7, 11) is 1.59. The van der Waals surface area contributed by atoms with Crippen LogP contribution >= 0.6 is 0 Å². The van der Waals surface area contributed by atoms with Gasteiger partial charge in [0.15, 0.2) is 0 Å². The smallest absolute Gasteiger partial charge is 0.508 e. The van der Waals surface area contributed by atoms with E-state index in [1.165, 1.54) is 0 Å². The topological polar surface area (TPSA) is 166 Å². The number of benzene rings is 2. The second-order valence-electron chi connectivity index (χ2n) is 16.3. The van der Waals surface area contributed by atoms with Crippen molar-refractivity contribution in [3.05, 3.63) is 60.7 Å². The van der Waals surface area contributed by atoms with Crippen LogP contribution in [0.2, 0.25) is 0 Å². The highest BCUT2D eigenvalue weighted by Gasteiger charge is 2.60. The summed E-state index contributed by atoms with van der Waals surface area (Å²) in [5.41, 5.74) is -3.05. The Morgan fingerprint density at radius 3 is 1.22 bits per heavy atom. The Balaban J connectivity index is 0. The van der Waals surface area contributed by atoms with E-state index in [1.807, 2.05) is 95.2 Å². The van der Waals surface area contributed by atoms with Gasteiger partial charge in [-0.25, -0.2) is 4.79 Å². The first-order valence-corrected chi connectivity index (χ1v) is 20.2. The van der Waals surface area contributed by atoms with Crippen LogP contribution in [-0.2, 0) is 42.4 Å². The number of para-hydroxylation sites is 2. The number of aromatic hydroxyl groups is 1. The van der Waals surface area contributed by atoms with Crippen molar-refractivity contribution in [1.82, 2.24) is 0 Å². The third kappa shape index (κ3) is 20.2. The number of carbonyl (C=O) groups is 3. The fourth-order valence-corrected chi connectivity index (χ4v) is 4.23. The number of carbonyl (C=O) groups excluding carboxylic acids is 3. The van der Waals surface area contributed by atoms with Crippen molar-refractivity contribution in [3.63, 3.8) is 0 Å². The molecule has 0 spiro atoms. The number of rotatable bonds is 11. The van der Waals surface area contributed by atoms with Gasteiger partial charge in [-0.05, 0) is 120 Å². The van der Waals surface area contributed by atoms with Gasteiger partial charge in [0.1, 0.15) is 40.9 Å². The number of hydrogen-bond acceptors (Lipinski definition) is 13. The van der Waals surface area contributed by atoms with E-state index in [4.69, 9.17) is 47.8 Å². The van der Waals surface area contributed by atoms with Crippen molar-refractivity contribution in [3.8, 4) is 11.5 Å². The largest absolute Gasteiger partial charge is 0.513 e. The summed E-state index contributed by atoms with van der Waals surface area (Å²) in [4.78, 5) is 31.7. The number of ether oxygens (including phenoxy) is 4. The minimum atomic E-state index is -0.934. The lowest BCUT2D eigenvalue weighted by Gasteiger charge is -2.32. The molecule has 2 aliphatic rings. The van der Waals surface area contributed by atoms with E-state index >= 15 is 0 Å². The van der Waals surface area contributed by atoms with Gasteiger partial charge in [0.05, 0.1) is 22.4 Å². The van der Waals surface area contributed by atoms with Crippen LogP contribution in [0.4, 0.5) is 4.79 Å². The lowest BCUT2D eigenvalue weighted by molar-refractivity contribution is -0.117. The fraction of sp³-hybridized carbons (Fsp3) is 0.659. The van der Waals surface area contributed by atoms with E-state index in [2.05, 4.69) is 6.92 Å². The van der Waals surface area contributed by atoms with Crippen molar-refractivity contribution < 1.29 is 62.2 Å². The van der Waals surface area contributed by atoms with Gasteiger partial charge in [0.25, 0.3) is 0 Å². The standard InChI is InChI=1S/C17H25BO5.C12H25BO4.C6H6O.2C4H8O.CH4O/c1-7-17(6,18-22-15(2,3)16(4,5)23-18)21-14(19)20-13-11-9-8-10-12-13;1-8-12(6,15-9-14-7)13-16-10(2,3)11(4,5)17-13;7-6-4-2-1-3-5-6;2*1-3-4(2)5;1-2/h8-12H,7H2,1-6H3;8-9H2,1-7H3;1-5,7H;2*3H2,1-2H3;2H,1H3. The Bertz CT molecular complexity index is 1430. The van der Waals surface area contributed by atoms with E-state index in [0.29, 0.717) is 30.8 Å². The van der Waals surface area contributed by atoms with Gasteiger partial charge in [-0.2, -0.15) is 0 Å². The quantitative estimate of drug-likeness (QED) is 0.0953. The van der Waals surface area contributed by atoms with Crippen LogP contribution in [0.1, 0.15) is 136 Å². The summed E-state index contributed by atoms with van der Waals surface area (Å²) in [5.74, 6) is 1.27. The SMILES string of the molecule is CCC(C)(OC(=O)Oc1ccccc1)B1OC(C)(C)C(C)(C)O1.CCC(C)(OCOC)B1OC(C)(C)C(C)(C)O1.CCC(C)=O.CCC(C)=O.CO.Oc1ccccc1. The summed E-state index contributed by atoms with van der Waals surface area (Å²) in [5, 5.41) is 15.6. The lowest BCUT2D eigenvalue weighted by Crippen LogP contribution is -2.49. The maximum absolute atomic E-state index is 12.1. The normalized spacial score (nSPS) is 18.3. The molecule has 2 saturated heterocycles. The molecule has 0 saturated carbocycles. The van der Waals surface area contributed by atoms with E-state index < -0.39 is 35.5 Å². The van der Waals surface area contributed by atoms with E-state index in [-0.39, 0.29) is 36.7 Å². The Kier molecular flexibility index (Phi) is 26.3. The predicted octanol–water partition coefficient (Wildman–Crippen LogP) is 9.38. The van der Waals surface area contributed by atoms with E-state index in [9.17, 15) is 14.4 Å². The molecule has 15 heteroatoms. The zero-order valence-corrected chi connectivity index (χ0v) is 39.3. The van der Waals surface area contributed by atoms with Gasteiger partial charge in [-0.15, -0.1) is 0 Å². The molecule has 2 aliphatic heterocycles. The van der Waals surface area contributed by atoms with Crippen molar-refractivity contribution in [2.24, 2.45) is 0 Å². The Morgan fingerprint density at radius 1 is 0.627 bits per heavy atom. The number of phenols is 1. The van der Waals surface area contributed by atoms with Crippen molar-refractivity contribution in [1.29, 1.82) is 0 Å². The number of aliphatic hydroxyl groups excluding tert-OH is 1. The summed E-state index contributed by atoms with van der Waals surface area (Å²) in [6, 6.07) is 17.5. The molecule has 0 radical (unpaired) electrons. The molecule has 0 amide bonds. The molecule has 336 valence electrons. The third-order valence-corrected chi connectivity index (χ3v) is 10.4. The first-order chi connectivity index (χ1) is 27.2. The van der Waals surface area contributed by atoms with Gasteiger partial charge in [0.2, 0.25) is 0 Å². The second-order valence-corrected chi connectivity index (χ2v) is 16.3. The van der Waals surface area contributed by atoms with Crippen molar-refractivity contribution >= 4 is 32.0 Å². The van der Waals surface area contributed by atoms with Gasteiger partial charge in [-0.3, -0.25) is 0 Å². The number of Topliss-reactive ketones (excluding diaryl/α,β-unsaturated/α-hetero) is 2. The highest BCUT2D eigenvalue weighted by Crippen LogP contribution is 2.42. The maximum Gasteiger partial charge on any atom is 0.513 e. The van der Waals surface area contributed by atoms with Crippen LogP contribution in [-0.4, -0.2) is 96.6 Å². The summed E-state index contributed by atoms with van der Waals surface area (Å²) in [6.45, 7) is 30.9. The third-order valence-electron chi connectivity index (χ3n) is 10.4. The molecule has 0 bridgehead atoms. The minimum absolute atomic E-state index is 0.244. The molecule has 4 rings (SSSR count). The van der Waals surface area contributed by atoms with Gasteiger partial charge >= 0.3 is 20.4 Å². The molecule has 2 fully saturated rings. The van der Waals surface area contributed by atoms with Gasteiger partial charge < -0.3 is 57.4 Å². The first kappa shape index (κ1) is 57.8.